The number of aliphatic carboxylic acids is 1. The summed E-state index contributed by atoms with van der Waals surface area (Å²) in [5.41, 5.74) is 9.55. The Hall–Kier alpha value is -13.3. The average Bonchev–Trinajstić information content (AvgIpc) is 1.70. The number of fused-ring (bicyclic) bond motifs is 1. The number of rotatable bonds is 21. The van der Waals surface area contributed by atoms with E-state index in [1.807, 2.05) is 42.5 Å². The molecule has 0 radical (unpaired) electrons. The number of aromatic nitrogens is 1. The molecule has 38 heteroatoms. The summed E-state index contributed by atoms with van der Waals surface area (Å²) < 4.78 is 0. The van der Waals surface area contributed by atoms with Gasteiger partial charge < -0.3 is 105 Å². The number of carbonyl (C=O) groups excluding carboxylic acids is 16. The van der Waals surface area contributed by atoms with Gasteiger partial charge in [-0.1, -0.05) is 171 Å². The normalized spacial score (nSPS) is 23.4. The number of carboxylic acid groups (broad SMARTS) is 1. The minimum absolute atomic E-state index is 0.0163. The van der Waals surface area contributed by atoms with E-state index in [1.54, 1.807) is 128 Å². The van der Waals surface area contributed by atoms with Gasteiger partial charge in [-0.15, -0.1) is 11.8 Å². The van der Waals surface area contributed by atoms with Gasteiger partial charge in [-0.3, -0.25) is 81.5 Å². The SMILES string of the molecule is CC(C)C[C@@H]1NC(=O)[C@H](C)NC(=O)CN(C)C(=O)[C@H](C)N(C)C(=O)[C@H](C(C)C)NC(=O)[C@H](Cc2ccc(-c3ccccc3)cc2)NC(=O)[C@H](CC(C)C)NC(=O)[C@H](Cc2c[nH]c3ccccc23)NC(=O)[C@H](CC(=O)O)NC(=O)[C@H](Cc2ccc(O)cc2)NC(=O)[C@H](Cc2ccccc2)NC(=O)CSC[C@@H](C(=O)N[C@@H](C)C(N)=O)NC(=O)[C@H](CO)NC(=O)[C@H](C(C)C)NC1=O. The third-order valence-corrected chi connectivity index (χ3v) is 22.6. The Labute approximate surface area is 752 Å². The van der Waals surface area contributed by atoms with E-state index in [4.69, 9.17) is 5.73 Å². The lowest BCUT2D eigenvalue weighted by atomic mass is 9.97. The summed E-state index contributed by atoms with van der Waals surface area (Å²) in [6, 6.07) is 15.3. The molecule has 0 unspecified atom stereocenters. The molecule has 7 rings (SSSR count). The molecule has 16 amide bonds. The number of phenolic OH excluding ortho intramolecular Hbond substituents is 1. The number of H-pyrrole nitrogens is 1. The fourth-order valence-corrected chi connectivity index (χ4v) is 15.0. The van der Waals surface area contributed by atoms with Crippen LogP contribution in [0.2, 0.25) is 0 Å². The molecule has 6 aromatic rings. The molecular weight excluding hydrogens is 1680 g/mol. The van der Waals surface area contributed by atoms with E-state index in [2.05, 4.69) is 74.1 Å². The van der Waals surface area contributed by atoms with Crippen molar-refractivity contribution < 1.29 is 96.8 Å². The molecule has 1 fully saturated rings. The lowest BCUT2D eigenvalue weighted by molar-refractivity contribution is -0.147. The quantitative estimate of drug-likeness (QED) is 0.0468. The third kappa shape index (κ3) is 31.6. The number of aliphatic hydroxyl groups excluding tert-OH is 1. The lowest BCUT2D eigenvalue weighted by Crippen LogP contribution is -2.61. The van der Waals surface area contributed by atoms with Gasteiger partial charge in [-0.05, 0) is 109 Å². The zero-order chi connectivity index (χ0) is 95.2. The Morgan fingerprint density at radius 1 is 0.465 bits per heavy atom. The fourth-order valence-electron chi connectivity index (χ4n) is 14.1. The zero-order valence-electron chi connectivity index (χ0n) is 74.6. The summed E-state index contributed by atoms with van der Waals surface area (Å²) in [5, 5.41) is 65.7. The van der Waals surface area contributed by atoms with Crippen LogP contribution in [0.4, 0.5) is 0 Å². The van der Waals surface area contributed by atoms with Crippen LogP contribution in [-0.4, -0.2) is 254 Å². The minimum atomic E-state index is -2.05. The van der Waals surface area contributed by atoms with Crippen molar-refractivity contribution >= 4 is 123 Å². The number of phenols is 1. The highest BCUT2D eigenvalue weighted by atomic mass is 32.2. The number of aromatic amines is 1. The van der Waals surface area contributed by atoms with Crippen LogP contribution in [0, 0.1) is 23.7 Å². The number of hydrogen-bond acceptors (Lipinski definition) is 20. The predicted octanol–water partition coefficient (Wildman–Crippen LogP) is 0.562. The molecule has 696 valence electrons. The maximum absolute atomic E-state index is 15.4. The molecule has 1 aliphatic heterocycles. The number of carbonyl (C=O) groups is 17. The molecule has 0 aliphatic carbocycles. The predicted molar refractivity (Wildman–Crippen MR) is 480 cm³/mol. The van der Waals surface area contributed by atoms with Crippen LogP contribution >= 0.6 is 11.8 Å². The Balaban J connectivity index is 1.29. The maximum Gasteiger partial charge on any atom is 0.305 e. The second-order valence-corrected chi connectivity index (χ2v) is 34.8. The smallest absolute Gasteiger partial charge is 0.305 e. The van der Waals surface area contributed by atoms with Crippen LogP contribution in [0.25, 0.3) is 22.0 Å². The summed E-state index contributed by atoms with van der Waals surface area (Å²) >= 11 is 0.723. The van der Waals surface area contributed by atoms with Gasteiger partial charge in [0.15, 0.2) is 0 Å². The summed E-state index contributed by atoms with van der Waals surface area (Å²) in [6.07, 6.45) is -0.888. The van der Waals surface area contributed by atoms with Gasteiger partial charge in [0.1, 0.15) is 90.3 Å². The number of para-hydroxylation sites is 1. The summed E-state index contributed by atoms with van der Waals surface area (Å²) in [4.78, 5) is 250. The van der Waals surface area contributed by atoms with Gasteiger partial charge in [0.2, 0.25) is 94.5 Å². The standard InChI is InChI=1S/C91H121N17O20S/c1-48(2)36-64-80(117)100-68(39-56-28-32-59(33-29-56)58-24-18-15-19-25-58)86(123)106-77(51(7)8)91(128)108(13)54(11)90(127)107(12)44-73(111)94-53(10)79(116)97-65(37-49(3)4)85(122)105-76(50(5)6)89(126)103-71(45-109)87(124)104-72(88(125)95-52(9)78(92)115)46-129-47-74(112)96-66(38-55-22-16-14-17-23-55)81(118)99-67(40-57-30-34-61(110)35-31-57)82(119)102-70(42-75(113)114)84(121)101-69(83(120)98-64)41-60-43-93-63-27-21-20-26-62(60)63/h14-35,43,48-54,64-72,76-77,93,109-110H,36-42,44-47H2,1-13H3,(H2,92,115)(H,94,111)(H,95,125)(H,96,112)(H,97,116)(H,98,120)(H,99,118)(H,100,117)(H,101,121)(H,102,119)(H,103,126)(H,104,124)(H,105,122)(H,106,123)(H,113,114)/t52-,53-,54-,64-,65-,66-,67-,68-,69-,70-,71-,72-,76-,77-/m0/s1. The number of aliphatic hydroxyl groups is 1. The van der Waals surface area contributed by atoms with E-state index in [1.165, 1.54) is 59.1 Å². The Morgan fingerprint density at radius 3 is 1.43 bits per heavy atom. The van der Waals surface area contributed by atoms with Crippen LogP contribution in [0.15, 0.2) is 140 Å². The molecule has 129 heavy (non-hydrogen) atoms. The minimum Gasteiger partial charge on any atom is -0.508 e. The van der Waals surface area contributed by atoms with E-state index in [0.717, 1.165) is 32.7 Å². The molecule has 5 aromatic carbocycles. The maximum atomic E-state index is 15.4. The molecule has 0 saturated carbocycles. The highest BCUT2D eigenvalue weighted by Crippen LogP contribution is 2.24. The van der Waals surface area contributed by atoms with Crippen LogP contribution in [0.1, 0.15) is 118 Å². The van der Waals surface area contributed by atoms with Crippen LogP contribution in [-0.2, 0) is 107 Å². The van der Waals surface area contributed by atoms with Gasteiger partial charge in [0.05, 0.1) is 25.3 Å². The first-order chi connectivity index (χ1) is 61.0. The number of primary amides is 1. The van der Waals surface area contributed by atoms with Gasteiger partial charge in [0.25, 0.3) is 0 Å². The Bertz CT molecular complexity index is 4940. The van der Waals surface area contributed by atoms with Crippen molar-refractivity contribution in [3.05, 3.63) is 162 Å². The number of aromatic hydroxyl groups is 1. The second-order valence-electron chi connectivity index (χ2n) is 33.8. The number of nitrogens with one attached hydrogen (secondary N) is 14. The second kappa shape index (κ2) is 49.2. The number of amides is 16. The van der Waals surface area contributed by atoms with Crippen molar-refractivity contribution in [3.63, 3.8) is 0 Å². The van der Waals surface area contributed by atoms with Gasteiger partial charge in [-0.2, -0.15) is 0 Å². The molecule has 14 atom stereocenters. The lowest BCUT2D eigenvalue weighted by Gasteiger charge is -2.33. The van der Waals surface area contributed by atoms with E-state index >= 15 is 28.8 Å². The number of nitrogens with two attached hydrogens (primary N) is 1. The fraction of sp³-hybridized carbons (Fsp3) is 0.462. The van der Waals surface area contributed by atoms with E-state index < -0.39 is 234 Å². The molecule has 0 bridgehead atoms. The summed E-state index contributed by atoms with van der Waals surface area (Å²) in [5.74, 6) is -20.4. The summed E-state index contributed by atoms with van der Waals surface area (Å²) in [7, 11) is 2.59. The molecule has 0 spiro atoms. The number of thioether (sulfide) groups is 1. The number of hydrogen-bond donors (Lipinski definition) is 18. The molecule has 2 heterocycles. The van der Waals surface area contributed by atoms with Crippen molar-refractivity contribution in [2.75, 3.05) is 38.8 Å². The van der Waals surface area contributed by atoms with Crippen molar-refractivity contribution in [2.24, 2.45) is 29.4 Å². The van der Waals surface area contributed by atoms with Crippen molar-refractivity contribution in [1.29, 1.82) is 0 Å². The van der Waals surface area contributed by atoms with E-state index in [-0.39, 0.29) is 49.7 Å². The highest BCUT2D eigenvalue weighted by Gasteiger charge is 2.41. The largest absolute Gasteiger partial charge is 0.508 e. The molecule has 1 aromatic heterocycles. The number of likely N-dealkylation sites (N-methyl/N-ethyl adjacent to an activating group) is 2. The topological polar surface area (TPSA) is 556 Å². The zero-order valence-corrected chi connectivity index (χ0v) is 75.4. The first kappa shape index (κ1) is 103. The number of nitrogens with zero attached hydrogens (tertiary/aromatic N) is 2. The first-order valence-electron chi connectivity index (χ1n) is 42.7. The number of carboxylic acids is 1. The molecule has 1 saturated heterocycles. The van der Waals surface area contributed by atoms with Gasteiger partial charge in [0, 0.05) is 62.6 Å². The molecular formula is C91H121N17O20S. The molecule has 37 nitrogen and oxygen atoms in total. The Kier molecular flexibility index (Phi) is 39.2. The third-order valence-electron chi connectivity index (χ3n) is 21.5. The van der Waals surface area contributed by atoms with Crippen LogP contribution in [0.3, 0.4) is 0 Å². The Morgan fingerprint density at radius 2 is 0.899 bits per heavy atom. The van der Waals surface area contributed by atoms with Crippen LogP contribution < -0.4 is 74.9 Å². The van der Waals surface area contributed by atoms with Gasteiger partial charge >= 0.3 is 5.97 Å². The first-order valence-corrected chi connectivity index (χ1v) is 43.8. The molecule has 19 N–H and O–H groups in total. The average molecular weight is 1810 g/mol. The van der Waals surface area contributed by atoms with Crippen LogP contribution in [0.5, 0.6) is 5.75 Å². The van der Waals surface area contributed by atoms with Crippen molar-refractivity contribution in [1.82, 2.24) is 83.9 Å². The van der Waals surface area contributed by atoms with E-state index in [0.29, 0.717) is 33.2 Å². The van der Waals surface area contributed by atoms with Gasteiger partial charge in [-0.25, -0.2) is 0 Å². The van der Waals surface area contributed by atoms with Crippen molar-refractivity contribution in [2.45, 2.75) is 206 Å². The highest BCUT2D eigenvalue weighted by molar-refractivity contribution is 8.00. The number of benzene rings is 5. The monoisotopic (exact) mass is 1800 g/mol. The van der Waals surface area contributed by atoms with E-state index in [9.17, 15) is 68.1 Å². The molecule has 1 aliphatic rings. The van der Waals surface area contributed by atoms with Crippen molar-refractivity contribution in [3.8, 4) is 16.9 Å². The summed E-state index contributed by atoms with van der Waals surface area (Å²) in [6.45, 7) is 15.5.